The van der Waals surface area contributed by atoms with Crippen molar-refractivity contribution in [2.24, 2.45) is 0 Å². The van der Waals surface area contributed by atoms with Gasteiger partial charge in [-0.2, -0.15) is 0 Å². The molecule has 0 saturated heterocycles. The lowest BCUT2D eigenvalue weighted by Crippen LogP contribution is -1.86. The predicted molar refractivity (Wildman–Crippen MR) is 66.1 cm³/mol. The van der Waals surface area contributed by atoms with Crippen molar-refractivity contribution in [1.29, 1.82) is 0 Å². The van der Waals surface area contributed by atoms with Crippen LogP contribution in [0.3, 0.4) is 0 Å². The van der Waals surface area contributed by atoms with E-state index in [9.17, 15) is 4.39 Å². The summed E-state index contributed by atoms with van der Waals surface area (Å²) in [5.74, 6) is 0.198. The average molecular weight is 292 g/mol. The van der Waals surface area contributed by atoms with Gasteiger partial charge in [-0.3, -0.25) is 0 Å². The summed E-state index contributed by atoms with van der Waals surface area (Å²) in [6, 6.07) is 10.5. The average Bonchev–Trinajstić information content (AvgIpc) is 2.76. The van der Waals surface area contributed by atoms with E-state index < -0.39 is 0 Å². The fourth-order valence-electron chi connectivity index (χ4n) is 1.59. The first-order valence-corrected chi connectivity index (χ1v) is 5.80. The van der Waals surface area contributed by atoms with Crippen molar-refractivity contribution < 1.29 is 4.39 Å². The van der Waals surface area contributed by atoms with Gasteiger partial charge in [-0.15, -0.1) is 5.10 Å². The van der Waals surface area contributed by atoms with E-state index in [4.69, 9.17) is 0 Å². The number of rotatable bonds is 1. The number of benzene rings is 1. The van der Waals surface area contributed by atoms with E-state index in [1.165, 1.54) is 6.07 Å². The number of hydrogen-bond acceptors (Lipinski definition) is 2. The summed E-state index contributed by atoms with van der Waals surface area (Å²) in [4.78, 5) is 4.32. The van der Waals surface area contributed by atoms with Crippen molar-refractivity contribution >= 4 is 21.6 Å². The molecule has 2 heterocycles. The lowest BCUT2D eigenvalue weighted by Gasteiger charge is -1.97. The molecule has 1 aromatic carbocycles. The molecule has 0 aliphatic carbocycles. The van der Waals surface area contributed by atoms with Crippen LogP contribution in [-0.4, -0.2) is 14.6 Å². The first-order valence-electron chi connectivity index (χ1n) is 5.01. The minimum absolute atomic E-state index is 0.318. The van der Waals surface area contributed by atoms with Crippen molar-refractivity contribution in [3.63, 3.8) is 0 Å². The van der Waals surface area contributed by atoms with Gasteiger partial charge in [-0.25, -0.2) is 13.9 Å². The predicted octanol–water partition coefficient (Wildman–Crippen LogP) is 3.30. The van der Waals surface area contributed by atoms with Gasteiger partial charge in [0.1, 0.15) is 5.82 Å². The van der Waals surface area contributed by atoms with Gasteiger partial charge in [-0.05, 0) is 46.3 Å². The molecule has 0 aliphatic heterocycles. The summed E-state index contributed by atoms with van der Waals surface area (Å²) >= 11 is 3.12. The molecule has 5 heteroatoms. The molecule has 0 radical (unpaired) electrons. The third-order valence-corrected chi connectivity index (χ3v) is 3.06. The Labute approximate surface area is 105 Å². The molecule has 2 aromatic heterocycles. The second-order valence-electron chi connectivity index (χ2n) is 3.57. The van der Waals surface area contributed by atoms with Crippen LogP contribution in [0.25, 0.3) is 17.0 Å². The molecule has 0 fully saturated rings. The number of fused-ring (bicyclic) bond motifs is 1. The van der Waals surface area contributed by atoms with E-state index in [0.29, 0.717) is 15.9 Å². The molecule has 0 aliphatic rings. The second-order valence-corrected chi connectivity index (χ2v) is 4.42. The van der Waals surface area contributed by atoms with E-state index in [2.05, 4.69) is 26.0 Å². The molecule has 0 saturated carbocycles. The summed E-state index contributed by atoms with van der Waals surface area (Å²) < 4.78 is 15.5. The molecule has 0 amide bonds. The maximum atomic E-state index is 13.4. The van der Waals surface area contributed by atoms with Crippen LogP contribution < -0.4 is 0 Å². The quantitative estimate of drug-likeness (QED) is 0.689. The Kier molecular flexibility index (Phi) is 2.40. The number of halogens is 2. The number of pyridine rings is 1. The van der Waals surface area contributed by atoms with Crippen molar-refractivity contribution in [2.75, 3.05) is 0 Å². The largest absolute Gasteiger partial charge is 0.221 e. The number of aromatic nitrogens is 3. The van der Waals surface area contributed by atoms with Crippen LogP contribution in [0.15, 0.2) is 47.1 Å². The molecule has 3 aromatic rings. The van der Waals surface area contributed by atoms with Crippen LogP contribution >= 0.6 is 15.9 Å². The van der Waals surface area contributed by atoms with Crippen LogP contribution in [0.2, 0.25) is 0 Å². The maximum absolute atomic E-state index is 13.4. The van der Waals surface area contributed by atoms with Gasteiger partial charge in [0, 0.05) is 11.8 Å². The first kappa shape index (κ1) is 10.4. The Morgan fingerprint density at radius 3 is 2.82 bits per heavy atom. The Balaban J connectivity index is 2.17. The van der Waals surface area contributed by atoms with Crippen LogP contribution in [0.4, 0.5) is 4.39 Å². The maximum Gasteiger partial charge on any atom is 0.182 e. The highest BCUT2D eigenvalue weighted by Gasteiger charge is 2.08. The fraction of sp³-hybridized carbons (Fsp3) is 0. The molecular formula is C12H7BrFN3. The number of nitrogens with zero attached hydrogens (tertiary/aromatic N) is 3. The molecule has 3 nitrogen and oxygen atoms in total. The Morgan fingerprint density at radius 2 is 2.06 bits per heavy atom. The Hall–Kier alpha value is -1.75. The van der Waals surface area contributed by atoms with Gasteiger partial charge in [0.2, 0.25) is 0 Å². The van der Waals surface area contributed by atoms with E-state index in [0.717, 1.165) is 5.65 Å². The minimum Gasteiger partial charge on any atom is -0.221 e. The van der Waals surface area contributed by atoms with Crippen molar-refractivity contribution in [2.45, 2.75) is 0 Å². The normalized spacial score (nSPS) is 10.9. The molecule has 84 valence electrons. The fourth-order valence-corrected chi connectivity index (χ4v) is 1.84. The Bertz CT molecular complexity index is 660. The third kappa shape index (κ3) is 1.82. The van der Waals surface area contributed by atoms with E-state index in [1.54, 1.807) is 22.8 Å². The van der Waals surface area contributed by atoms with E-state index in [-0.39, 0.29) is 5.82 Å². The molecular weight excluding hydrogens is 285 g/mol. The topological polar surface area (TPSA) is 30.2 Å². The van der Waals surface area contributed by atoms with E-state index in [1.807, 2.05) is 18.2 Å². The third-order valence-electron chi connectivity index (χ3n) is 2.42. The minimum atomic E-state index is -0.318. The highest BCUT2D eigenvalue weighted by atomic mass is 79.9. The van der Waals surface area contributed by atoms with Crippen LogP contribution in [0.1, 0.15) is 0 Å². The molecule has 17 heavy (non-hydrogen) atoms. The zero-order valence-corrected chi connectivity index (χ0v) is 10.2. The zero-order valence-electron chi connectivity index (χ0n) is 8.64. The van der Waals surface area contributed by atoms with Gasteiger partial charge in [0.15, 0.2) is 11.5 Å². The molecule has 0 bridgehead atoms. The Morgan fingerprint density at radius 1 is 1.18 bits per heavy atom. The summed E-state index contributed by atoms with van der Waals surface area (Å²) in [5, 5.41) is 4.28. The smallest absolute Gasteiger partial charge is 0.182 e. The highest BCUT2D eigenvalue weighted by Crippen LogP contribution is 2.22. The first-order chi connectivity index (χ1) is 8.24. The second kappa shape index (κ2) is 3.92. The van der Waals surface area contributed by atoms with Crippen molar-refractivity contribution in [3.05, 3.63) is 52.9 Å². The molecule has 0 unspecified atom stereocenters. The van der Waals surface area contributed by atoms with Gasteiger partial charge < -0.3 is 0 Å². The monoisotopic (exact) mass is 291 g/mol. The van der Waals surface area contributed by atoms with Gasteiger partial charge >= 0.3 is 0 Å². The lowest BCUT2D eigenvalue weighted by atomic mass is 10.2. The van der Waals surface area contributed by atoms with Crippen LogP contribution in [0, 0.1) is 5.82 Å². The summed E-state index contributed by atoms with van der Waals surface area (Å²) in [7, 11) is 0. The lowest BCUT2D eigenvalue weighted by molar-refractivity contribution is 0.621. The van der Waals surface area contributed by atoms with Crippen LogP contribution in [-0.2, 0) is 0 Å². The zero-order chi connectivity index (χ0) is 11.8. The number of hydrogen-bond donors (Lipinski definition) is 0. The standard InChI is InChI=1S/C12H7BrFN3/c13-9-5-4-8(7-10(9)14)12-15-11-3-1-2-6-17(11)16-12/h1-7H. The van der Waals surface area contributed by atoms with Crippen LogP contribution in [0.5, 0.6) is 0 Å². The molecule has 0 N–H and O–H groups in total. The summed E-state index contributed by atoms with van der Waals surface area (Å²) in [6.07, 6.45) is 1.81. The van der Waals surface area contributed by atoms with Gasteiger partial charge in [-0.1, -0.05) is 6.07 Å². The summed E-state index contributed by atoms with van der Waals surface area (Å²) in [6.45, 7) is 0. The SMILES string of the molecule is Fc1cc(-c2nc3ccccn3n2)ccc1Br. The van der Waals surface area contributed by atoms with Crippen molar-refractivity contribution in [1.82, 2.24) is 14.6 Å². The van der Waals surface area contributed by atoms with Gasteiger partial charge in [0.25, 0.3) is 0 Å². The molecule has 0 atom stereocenters. The highest BCUT2D eigenvalue weighted by molar-refractivity contribution is 9.10. The van der Waals surface area contributed by atoms with E-state index >= 15 is 0 Å². The molecule has 0 spiro atoms. The van der Waals surface area contributed by atoms with Crippen molar-refractivity contribution in [3.8, 4) is 11.4 Å². The summed E-state index contributed by atoms with van der Waals surface area (Å²) in [5.41, 5.74) is 1.40. The molecule has 3 rings (SSSR count). The van der Waals surface area contributed by atoms with Gasteiger partial charge in [0.05, 0.1) is 4.47 Å².